The number of hydrogen-bond donors (Lipinski definition) is 2. The maximum Gasteiger partial charge on any atom is 0.257 e. The smallest absolute Gasteiger partial charge is 0.257 e. The van der Waals surface area contributed by atoms with Crippen LogP contribution in [0.5, 0.6) is 5.75 Å². The average Bonchev–Trinajstić information content (AvgIpc) is 2.66. The first-order valence-electron chi connectivity index (χ1n) is 9.42. The summed E-state index contributed by atoms with van der Waals surface area (Å²) in [6, 6.07) is 14.5. The zero-order valence-electron chi connectivity index (χ0n) is 17.2. The van der Waals surface area contributed by atoms with E-state index in [4.69, 9.17) is 17.0 Å². The van der Waals surface area contributed by atoms with E-state index in [9.17, 15) is 9.59 Å². The van der Waals surface area contributed by atoms with E-state index in [0.717, 1.165) is 11.3 Å². The minimum absolute atomic E-state index is 0.0724. The van der Waals surface area contributed by atoms with E-state index in [1.165, 1.54) is 0 Å². The van der Waals surface area contributed by atoms with Gasteiger partial charge in [0.05, 0.1) is 6.10 Å². The number of anilines is 1. The quantitative estimate of drug-likeness (QED) is 0.679. The summed E-state index contributed by atoms with van der Waals surface area (Å²) in [5.41, 5.74) is 2.26. The van der Waals surface area contributed by atoms with Crippen molar-refractivity contribution in [1.29, 1.82) is 0 Å². The molecular weight excluding hydrogens is 386 g/mol. The summed E-state index contributed by atoms with van der Waals surface area (Å²) < 4.78 is 5.57. The maximum absolute atomic E-state index is 12.4. The molecule has 2 rings (SSSR count). The number of benzene rings is 2. The molecule has 6 nitrogen and oxygen atoms in total. The van der Waals surface area contributed by atoms with Crippen LogP contribution in [0.15, 0.2) is 48.5 Å². The highest BCUT2D eigenvalue weighted by atomic mass is 32.1. The lowest BCUT2D eigenvalue weighted by molar-refractivity contribution is -0.128. The van der Waals surface area contributed by atoms with Gasteiger partial charge in [0.25, 0.3) is 5.91 Å². The molecule has 0 aromatic heterocycles. The highest BCUT2D eigenvalue weighted by Crippen LogP contribution is 2.15. The van der Waals surface area contributed by atoms with E-state index < -0.39 is 0 Å². The highest BCUT2D eigenvalue weighted by Gasteiger charge is 2.09. The second kappa shape index (κ2) is 10.6. The number of thiocarbonyl (C=S) groups is 1. The molecular formula is C22H27N3O3S. The molecule has 2 aromatic rings. The van der Waals surface area contributed by atoms with Crippen LogP contribution in [0.1, 0.15) is 36.2 Å². The predicted octanol–water partition coefficient (Wildman–Crippen LogP) is 3.62. The van der Waals surface area contributed by atoms with E-state index in [1.54, 1.807) is 43.3 Å². The molecule has 0 unspecified atom stereocenters. The summed E-state index contributed by atoms with van der Waals surface area (Å²) >= 11 is 5.25. The Morgan fingerprint density at radius 2 is 1.79 bits per heavy atom. The first-order chi connectivity index (χ1) is 13.7. The normalized spacial score (nSPS) is 10.4. The lowest BCUT2D eigenvalue weighted by Crippen LogP contribution is -2.34. The van der Waals surface area contributed by atoms with Gasteiger partial charge < -0.3 is 15.0 Å². The Morgan fingerprint density at radius 3 is 2.41 bits per heavy atom. The van der Waals surface area contributed by atoms with E-state index in [-0.39, 0.29) is 23.0 Å². The van der Waals surface area contributed by atoms with Crippen molar-refractivity contribution in [2.45, 2.75) is 32.8 Å². The van der Waals surface area contributed by atoms with E-state index in [0.29, 0.717) is 24.2 Å². The van der Waals surface area contributed by atoms with Gasteiger partial charge in [0, 0.05) is 31.8 Å². The zero-order chi connectivity index (χ0) is 21.4. The van der Waals surface area contributed by atoms with Crippen LogP contribution in [0.25, 0.3) is 0 Å². The van der Waals surface area contributed by atoms with E-state index in [2.05, 4.69) is 10.6 Å². The van der Waals surface area contributed by atoms with Crippen LogP contribution < -0.4 is 15.4 Å². The summed E-state index contributed by atoms with van der Waals surface area (Å²) in [7, 11) is 3.48. The number of amides is 2. The molecule has 0 aliphatic heterocycles. The van der Waals surface area contributed by atoms with Gasteiger partial charge >= 0.3 is 0 Å². The number of carbonyl (C=O) groups is 2. The number of aryl methyl sites for hydroxylation is 1. The molecule has 2 amide bonds. The number of nitrogens with zero attached hydrogens (tertiary/aromatic N) is 1. The fraction of sp³-hybridized carbons (Fsp3) is 0.318. The highest BCUT2D eigenvalue weighted by molar-refractivity contribution is 7.80. The van der Waals surface area contributed by atoms with Crippen molar-refractivity contribution in [3.05, 3.63) is 59.7 Å². The van der Waals surface area contributed by atoms with Crippen molar-refractivity contribution in [3.63, 3.8) is 0 Å². The van der Waals surface area contributed by atoms with Crippen LogP contribution in [-0.4, -0.2) is 42.0 Å². The molecule has 29 heavy (non-hydrogen) atoms. The van der Waals surface area contributed by atoms with Crippen molar-refractivity contribution in [1.82, 2.24) is 10.2 Å². The Labute approximate surface area is 177 Å². The molecule has 154 valence electrons. The molecule has 0 saturated carbocycles. The number of ether oxygens (including phenoxy) is 1. The van der Waals surface area contributed by atoms with Crippen molar-refractivity contribution in [2.75, 3.05) is 19.4 Å². The first kappa shape index (κ1) is 22.4. The summed E-state index contributed by atoms with van der Waals surface area (Å²) in [5, 5.41) is 5.89. The Hall–Kier alpha value is -2.93. The van der Waals surface area contributed by atoms with Crippen LogP contribution in [-0.2, 0) is 11.2 Å². The zero-order valence-corrected chi connectivity index (χ0v) is 18.0. The fourth-order valence-corrected chi connectivity index (χ4v) is 2.78. The van der Waals surface area contributed by atoms with Crippen LogP contribution >= 0.6 is 12.2 Å². The monoisotopic (exact) mass is 413 g/mol. The van der Waals surface area contributed by atoms with Crippen LogP contribution in [0.4, 0.5) is 5.69 Å². The van der Waals surface area contributed by atoms with Gasteiger partial charge in [0.15, 0.2) is 5.11 Å². The van der Waals surface area contributed by atoms with Gasteiger partial charge in [-0.1, -0.05) is 12.1 Å². The van der Waals surface area contributed by atoms with Crippen LogP contribution in [0.2, 0.25) is 0 Å². The topological polar surface area (TPSA) is 70.7 Å². The van der Waals surface area contributed by atoms with Gasteiger partial charge in [-0.2, -0.15) is 0 Å². The lowest BCUT2D eigenvalue weighted by atomic mass is 10.1. The van der Waals surface area contributed by atoms with E-state index in [1.807, 2.05) is 38.1 Å². The summed E-state index contributed by atoms with van der Waals surface area (Å²) in [5.74, 6) is 0.490. The second-order valence-electron chi connectivity index (χ2n) is 7.09. The molecule has 2 aromatic carbocycles. The third kappa shape index (κ3) is 7.54. The third-order valence-corrected chi connectivity index (χ3v) is 4.23. The maximum atomic E-state index is 12.4. The van der Waals surface area contributed by atoms with Crippen molar-refractivity contribution in [2.24, 2.45) is 0 Å². The SMILES string of the molecule is CC(C)Oc1ccc(C(=O)NC(=S)Nc2cccc(CCC(=O)N(C)C)c2)cc1. The molecule has 7 heteroatoms. The van der Waals surface area contributed by atoms with Gasteiger partial charge in [0.2, 0.25) is 5.91 Å². The summed E-state index contributed by atoms with van der Waals surface area (Å²) in [6.45, 7) is 3.89. The van der Waals surface area contributed by atoms with Crippen LogP contribution in [0.3, 0.4) is 0 Å². The molecule has 0 saturated heterocycles. The van der Waals surface area contributed by atoms with E-state index >= 15 is 0 Å². The number of hydrogen-bond acceptors (Lipinski definition) is 4. The molecule has 0 fully saturated rings. The van der Waals surface area contributed by atoms with Gasteiger partial charge in [-0.3, -0.25) is 14.9 Å². The summed E-state index contributed by atoms with van der Waals surface area (Å²) in [6.07, 6.45) is 1.15. The molecule has 0 radical (unpaired) electrons. The lowest BCUT2D eigenvalue weighted by Gasteiger charge is -2.13. The Balaban J connectivity index is 1.90. The van der Waals surface area contributed by atoms with Gasteiger partial charge in [-0.15, -0.1) is 0 Å². The molecule has 2 N–H and O–H groups in total. The van der Waals surface area contributed by atoms with Crippen LogP contribution in [0, 0.1) is 0 Å². The fourth-order valence-electron chi connectivity index (χ4n) is 2.57. The minimum Gasteiger partial charge on any atom is -0.491 e. The standard InChI is InChI=1S/C22H27N3O3S/c1-15(2)28-19-11-9-17(10-12-19)21(27)24-22(29)23-18-7-5-6-16(14-18)8-13-20(26)25(3)4/h5-7,9-12,14-15H,8,13H2,1-4H3,(H2,23,24,27,29). The largest absolute Gasteiger partial charge is 0.491 e. The van der Waals surface area contributed by atoms with Gasteiger partial charge in [-0.25, -0.2) is 0 Å². The predicted molar refractivity (Wildman–Crippen MR) is 119 cm³/mol. The van der Waals surface area contributed by atoms with Gasteiger partial charge in [-0.05, 0) is 74.4 Å². The Bertz CT molecular complexity index is 864. The number of nitrogens with one attached hydrogen (secondary N) is 2. The van der Waals surface area contributed by atoms with Crippen molar-refractivity contribution >= 4 is 34.8 Å². The molecule has 0 atom stereocenters. The molecule has 0 aliphatic rings. The minimum atomic E-state index is -0.300. The van der Waals surface area contributed by atoms with Crippen molar-refractivity contribution < 1.29 is 14.3 Å². The molecule has 0 aliphatic carbocycles. The molecule has 0 heterocycles. The molecule has 0 spiro atoms. The Morgan fingerprint density at radius 1 is 1.10 bits per heavy atom. The van der Waals surface area contributed by atoms with Crippen molar-refractivity contribution in [3.8, 4) is 5.75 Å². The third-order valence-electron chi connectivity index (χ3n) is 4.03. The molecule has 0 bridgehead atoms. The average molecular weight is 414 g/mol. The Kier molecular flexibility index (Phi) is 8.15. The van der Waals surface area contributed by atoms with Gasteiger partial charge in [0.1, 0.15) is 5.75 Å². The first-order valence-corrected chi connectivity index (χ1v) is 9.83. The number of rotatable bonds is 7. The summed E-state index contributed by atoms with van der Waals surface area (Å²) in [4.78, 5) is 25.7. The number of carbonyl (C=O) groups excluding carboxylic acids is 2. The second-order valence-corrected chi connectivity index (χ2v) is 7.50.